The van der Waals surface area contributed by atoms with Crippen LogP contribution in [-0.4, -0.2) is 4.31 Å². The van der Waals surface area contributed by atoms with Crippen molar-refractivity contribution < 1.29 is 15.5 Å². The van der Waals surface area contributed by atoms with E-state index in [1.165, 1.54) is 0 Å². The molecule has 0 aromatic rings. The van der Waals surface area contributed by atoms with Crippen molar-refractivity contribution in [1.29, 1.82) is 0 Å². The molecule has 0 aromatic heterocycles. The summed E-state index contributed by atoms with van der Waals surface area (Å²) in [5.74, 6) is 0. The van der Waals surface area contributed by atoms with Crippen LogP contribution in [-0.2, 0) is 15.5 Å². The van der Waals surface area contributed by atoms with Crippen LogP contribution in [0, 0.1) is 0 Å². The Morgan fingerprint density at radius 3 is 1.17 bits per heavy atom. The molecule has 0 spiro atoms. The maximum absolute atomic E-state index is 4.33. The van der Waals surface area contributed by atoms with Gasteiger partial charge in [0.1, 0.15) is 0 Å². The molecule has 0 aliphatic rings. The Morgan fingerprint density at radius 1 is 1.17 bits per heavy atom. The molecule has 0 amide bonds. The zero-order valence-electron chi connectivity index (χ0n) is 2.63. The first-order valence-corrected chi connectivity index (χ1v) is 6.27. The SMILES string of the molecule is S=C=S.[S]=[Ti]=[S]. The second-order valence-corrected chi connectivity index (χ2v) is 3.84. The van der Waals surface area contributed by atoms with Crippen molar-refractivity contribution in [3.63, 3.8) is 0 Å². The summed E-state index contributed by atoms with van der Waals surface area (Å²) in [6, 6.07) is 0. The maximum atomic E-state index is 4.33. The molecule has 0 radical (unpaired) electrons. The van der Waals surface area contributed by atoms with Gasteiger partial charge in [0.25, 0.3) is 0 Å². The van der Waals surface area contributed by atoms with E-state index in [0.29, 0.717) is 0 Å². The van der Waals surface area contributed by atoms with Gasteiger partial charge in [0, 0.05) is 4.31 Å². The molecule has 0 unspecified atom stereocenters. The monoisotopic (exact) mass is 188 g/mol. The molecule has 0 aromatic carbocycles. The van der Waals surface area contributed by atoms with Crippen LogP contribution in [0.2, 0.25) is 0 Å². The van der Waals surface area contributed by atoms with Crippen LogP contribution in [0.25, 0.3) is 0 Å². The first kappa shape index (κ1) is 10.4. The van der Waals surface area contributed by atoms with Crippen molar-refractivity contribution in [1.82, 2.24) is 0 Å². The molecule has 0 aliphatic carbocycles. The van der Waals surface area contributed by atoms with Crippen LogP contribution in [0.3, 0.4) is 0 Å². The Morgan fingerprint density at radius 2 is 1.17 bits per heavy atom. The van der Waals surface area contributed by atoms with Crippen molar-refractivity contribution >= 4 is 48.2 Å². The molecule has 32 valence electrons. The van der Waals surface area contributed by atoms with Gasteiger partial charge in [-0.15, -0.1) is 0 Å². The molecule has 0 bridgehead atoms. The van der Waals surface area contributed by atoms with E-state index in [1.54, 1.807) is 0 Å². The van der Waals surface area contributed by atoms with Gasteiger partial charge in [-0.3, -0.25) is 0 Å². The molecule has 0 saturated heterocycles. The summed E-state index contributed by atoms with van der Waals surface area (Å²) in [5, 5.41) is 0. The second kappa shape index (κ2) is 16.2. The summed E-state index contributed by atoms with van der Waals surface area (Å²) < 4.78 is 1.92. The summed E-state index contributed by atoms with van der Waals surface area (Å²) in [7, 11) is 8.67. The van der Waals surface area contributed by atoms with Gasteiger partial charge in [0.2, 0.25) is 0 Å². The molecule has 0 aliphatic heterocycles. The van der Waals surface area contributed by atoms with Crippen molar-refractivity contribution in [2.24, 2.45) is 0 Å². The molecule has 0 fully saturated rings. The van der Waals surface area contributed by atoms with Crippen molar-refractivity contribution in [2.75, 3.05) is 0 Å². The fraction of sp³-hybridized carbons (Fsp3) is 0. The predicted octanol–water partition coefficient (Wildman–Crippen LogP) is 2.31. The molecule has 6 heavy (non-hydrogen) atoms. The summed E-state index contributed by atoms with van der Waals surface area (Å²) in [6.07, 6.45) is 0. The van der Waals surface area contributed by atoms with E-state index in [9.17, 15) is 0 Å². The third kappa shape index (κ3) is 54.4. The van der Waals surface area contributed by atoms with Crippen LogP contribution in [0.15, 0.2) is 0 Å². The van der Waals surface area contributed by atoms with Gasteiger partial charge in [0.15, 0.2) is 0 Å². The van der Waals surface area contributed by atoms with E-state index < -0.39 is 0 Å². The minimum absolute atomic E-state index is 0.333. The van der Waals surface area contributed by atoms with E-state index in [4.69, 9.17) is 0 Å². The number of thiocarbonyl (C=S) groups is 2. The van der Waals surface area contributed by atoms with Crippen molar-refractivity contribution in [3.8, 4) is 0 Å². The molecular weight excluding hydrogens is 188 g/mol. The van der Waals surface area contributed by atoms with Gasteiger partial charge in [-0.2, -0.15) is 0 Å². The fourth-order valence-electron chi connectivity index (χ4n) is 0. The molecule has 5 heteroatoms. The third-order valence-corrected chi connectivity index (χ3v) is 0. The summed E-state index contributed by atoms with van der Waals surface area (Å²) in [5.41, 5.74) is 0. The van der Waals surface area contributed by atoms with Gasteiger partial charge in [0.05, 0.1) is 0 Å². The molecule has 0 N–H and O–H groups in total. The quantitative estimate of drug-likeness (QED) is 0.422. The number of rotatable bonds is 0. The van der Waals surface area contributed by atoms with Gasteiger partial charge in [-0.05, 0) is 24.4 Å². The van der Waals surface area contributed by atoms with E-state index >= 15 is 0 Å². The minimum atomic E-state index is -0.333. The van der Waals surface area contributed by atoms with Gasteiger partial charge < -0.3 is 0 Å². The number of hydrogen-bond acceptors (Lipinski definition) is 4. The summed E-state index contributed by atoms with van der Waals surface area (Å²) >= 11 is 7.58. The normalized spacial score (nSPS) is 2.67. The topological polar surface area (TPSA) is 0 Å². The zero-order valence-corrected chi connectivity index (χ0v) is 7.46. The molecule has 0 rings (SSSR count). The standard InChI is InChI=1S/CS2.2S.Ti/c2-1-3;;;. The average molecular weight is 188 g/mol. The van der Waals surface area contributed by atoms with Crippen LogP contribution in [0.4, 0.5) is 0 Å². The zero-order chi connectivity index (χ0) is 5.41. The van der Waals surface area contributed by atoms with Crippen molar-refractivity contribution in [3.05, 3.63) is 0 Å². The Balaban J connectivity index is 0. The van der Waals surface area contributed by atoms with E-state index in [-0.39, 0.29) is 15.5 Å². The first-order valence-electron chi connectivity index (χ1n) is 0.816. The Bertz CT molecular complexity index is 61.5. The van der Waals surface area contributed by atoms with Crippen LogP contribution < -0.4 is 0 Å². The first-order chi connectivity index (χ1) is 2.83. The van der Waals surface area contributed by atoms with Crippen LogP contribution in [0.1, 0.15) is 0 Å². The second-order valence-electron chi connectivity index (χ2n) is 0.167. The molecule has 0 atom stereocenters. The third-order valence-electron chi connectivity index (χ3n) is 0. The molecule has 0 nitrogen and oxygen atoms in total. The molecular formula is CS4Ti. The average Bonchev–Trinajstić information content (AvgIpc) is 1.39. The van der Waals surface area contributed by atoms with Crippen LogP contribution in [0.5, 0.6) is 0 Å². The van der Waals surface area contributed by atoms with Gasteiger partial charge in [-0.1, -0.05) is 0 Å². The van der Waals surface area contributed by atoms with E-state index in [2.05, 4.69) is 43.8 Å². The summed E-state index contributed by atoms with van der Waals surface area (Å²) in [6.45, 7) is 0. The Kier molecular flexibility index (Phi) is 28.0. The van der Waals surface area contributed by atoms with Crippen molar-refractivity contribution in [2.45, 2.75) is 0 Å². The van der Waals surface area contributed by atoms with Gasteiger partial charge in [-0.25, -0.2) is 0 Å². The Labute approximate surface area is 63.0 Å². The summed E-state index contributed by atoms with van der Waals surface area (Å²) in [4.78, 5) is 0. The van der Waals surface area contributed by atoms with E-state index in [0.717, 1.165) is 0 Å². The van der Waals surface area contributed by atoms with E-state index in [1.807, 2.05) is 4.31 Å². The number of hydrogen-bond donors (Lipinski definition) is 0. The van der Waals surface area contributed by atoms with Crippen LogP contribution >= 0.6 is 43.8 Å². The predicted molar refractivity (Wildman–Crippen MR) is 35.4 cm³/mol. The Hall–Kier alpha value is 1.37. The fourth-order valence-corrected chi connectivity index (χ4v) is 0. The molecule has 0 saturated carbocycles. The van der Waals surface area contributed by atoms with Gasteiger partial charge >= 0.3 is 34.9 Å². The molecule has 0 heterocycles.